The summed E-state index contributed by atoms with van der Waals surface area (Å²) in [4.78, 5) is 23.3. The predicted molar refractivity (Wildman–Crippen MR) is 159 cm³/mol. The number of aliphatic hydroxyl groups excluding tert-OH is 2. The monoisotopic (exact) mass is 566 g/mol. The maximum absolute atomic E-state index is 12.5. The minimum Gasteiger partial charge on any atom is -0.474 e. The Hall–Kier alpha value is -4.64. The highest BCUT2D eigenvalue weighted by Crippen LogP contribution is 2.40. The van der Waals surface area contributed by atoms with Crippen molar-refractivity contribution in [2.75, 3.05) is 49.2 Å². The molecule has 0 aliphatic carbocycles. The molecule has 0 bridgehead atoms. The molecule has 1 aromatic heterocycles. The van der Waals surface area contributed by atoms with Crippen LogP contribution in [0.3, 0.4) is 0 Å². The number of ether oxygens (including phenoxy) is 1. The Bertz CT molecular complexity index is 1590. The number of fused-ring (bicyclic) bond motifs is 2. The van der Waals surface area contributed by atoms with Crippen LogP contribution in [-0.4, -0.2) is 77.5 Å². The Morgan fingerprint density at radius 2 is 2.00 bits per heavy atom. The lowest BCUT2D eigenvalue weighted by molar-refractivity contribution is -0.128. The average molecular weight is 567 g/mol. The lowest BCUT2D eigenvalue weighted by Crippen LogP contribution is -2.55. The first kappa shape index (κ1) is 28.9. The maximum atomic E-state index is 12.5. The third-order valence-corrected chi connectivity index (χ3v) is 8.04. The molecule has 42 heavy (non-hydrogen) atoms. The lowest BCUT2D eigenvalue weighted by atomic mass is 9.95. The predicted octanol–water partition coefficient (Wildman–Crippen LogP) is 2.83. The number of rotatable bonds is 8. The molecule has 10 nitrogen and oxygen atoms in total. The molecule has 0 radical (unpaired) electrons. The number of carbonyl (C=O) groups excluding carboxylic acids is 1. The summed E-state index contributed by atoms with van der Waals surface area (Å²) in [5, 5.41) is 41.5. The van der Waals surface area contributed by atoms with E-state index in [1.807, 2.05) is 0 Å². The molecule has 0 saturated carbocycles. The second-order valence-corrected chi connectivity index (χ2v) is 10.6. The molecule has 2 unspecified atom stereocenters. The van der Waals surface area contributed by atoms with Gasteiger partial charge >= 0.3 is 0 Å². The summed E-state index contributed by atoms with van der Waals surface area (Å²) in [6.45, 7) is 7.39. The Morgan fingerprint density at radius 1 is 1.21 bits per heavy atom. The number of anilines is 2. The standard InChI is InChI=1S/C32H34N6O4/c1-3-29(41)38-15-14-37(17-23(38)10-12-33)31-25-11-13-36(28-9-5-8-22-7-4-6-21(2)30(22)28)18-27(25)35-32(26(31)16-34)42-20-24(40)19-39/h3-9,23-24,39-40H,1,10-11,13-15,17-20H2,2H3. The van der Waals surface area contributed by atoms with Gasteiger partial charge in [0.2, 0.25) is 11.8 Å². The molecule has 3 aromatic rings. The molecule has 2 aliphatic rings. The largest absolute Gasteiger partial charge is 0.474 e. The zero-order chi connectivity index (χ0) is 29.8. The Balaban J connectivity index is 1.58. The van der Waals surface area contributed by atoms with Crippen LogP contribution in [-0.2, 0) is 17.8 Å². The highest BCUT2D eigenvalue weighted by atomic mass is 16.5. The van der Waals surface area contributed by atoms with Crippen LogP contribution in [0.1, 0.15) is 28.8 Å². The van der Waals surface area contributed by atoms with Gasteiger partial charge in [0.05, 0.1) is 43.1 Å². The molecule has 2 aliphatic heterocycles. The first-order valence-corrected chi connectivity index (χ1v) is 14.1. The Morgan fingerprint density at radius 3 is 2.71 bits per heavy atom. The van der Waals surface area contributed by atoms with Crippen LogP contribution in [0.25, 0.3) is 10.8 Å². The van der Waals surface area contributed by atoms with Crippen molar-refractivity contribution in [3.63, 3.8) is 0 Å². The van der Waals surface area contributed by atoms with Gasteiger partial charge in [0, 0.05) is 42.8 Å². The minimum atomic E-state index is -1.12. The zero-order valence-electron chi connectivity index (χ0n) is 23.7. The quantitative estimate of drug-likeness (QED) is 0.394. The van der Waals surface area contributed by atoms with Gasteiger partial charge in [-0.1, -0.05) is 36.9 Å². The van der Waals surface area contributed by atoms with Gasteiger partial charge in [-0.25, -0.2) is 4.98 Å². The number of benzene rings is 2. The lowest BCUT2D eigenvalue weighted by Gasteiger charge is -2.43. The molecule has 2 N–H and O–H groups in total. The van der Waals surface area contributed by atoms with Crippen molar-refractivity contribution >= 4 is 28.1 Å². The van der Waals surface area contributed by atoms with Gasteiger partial charge in [0.25, 0.3) is 0 Å². The van der Waals surface area contributed by atoms with Crippen molar-refractivity contribution in [2.24, 2.45) is 0 Å². The highest BCUT2D eigenvalue weighted by molar-refractivity contribution is 5.97. The van der Waals surface area contributed by atoms with Crippen LogP contribution in [0, 0.1) is 29.6 Å². The second-order valence-electron chi connectivity index (χ2n) is 10.6. The van der Waals surface area contributed by atoms with Crippen molar-refractivity contribution in [3.8, 4) is 18.0 Å². The van der Waals surface area contributed by atoms with Gasteiger partial charge < -0.3 is 29.6 Å². The van der Waals surface area contributed by atoms with Gasteiger partial charge in [0.1, 0.15) is 24.3 Å². The maximum Gasteiger partial charge on any atom is 0.246 e. The highest BCUT2D eigenvalue weighted by Gasteiger charge is 2.35. The van der Waals surface area contributed by atoms with Crippen LogP contribution in [0.5, 0.6) is 5.88 Å². The fourth-order valence-corrected chi connectivity index (χ4v) is 6.04. The van der Waals surface area contributed by atoms with E-state index < -0.39 is 12.7 Å². The average Bonchev–Trinajstić information content (AvgIpc) is 3.02. The molecular weight excluding hydrogens is 532 g/mol. The summed E-state index contributed by atoms with van der Waals surface area (Å²) >= 11 is 0. The number of aliphatic hydroxyl groups is 2. The van der Waals surface area contributed by atoms with Gasteiger partial charge in [-0.2, -0.15) is 10.5 Å². The Labute approximate surface area is 245 Å². The summed E-state index contributed by atoms with van der Waals surface area (Å²) in [6, 6.07) is 16.6. The van der Waals surface area contributed by atoms with Crippen molar-refractivity contribution in [1.82, 2.24) is 9.88 Å². The van der Waals surface area contributed by atoms with E-state index in [0.29, 0.717) is 44.8 Å². The van der Waals surface area contributed by atoms with Crippen molar-refractivity contribution in [2.45, 2.75) is 38.5 Å². The summed E-state index contributed by atoms with van der Waals surface area (Å²) in [7, 11) is 0. The normalized spacial score (nSPS) is 17.3. The summed E-state index contributed by atoms with van der Waals surface area (Å²) in [5.41, 5.74) is 4.92. The summed E-state index contributed by atoms with van der Waals surface area (Å²) in [5.74, 6) is -0.133. The first-order valence-electron chi connectivity index (χ1n) is 14.1. The Kier molecular flexibility index (Phi) is 8.58. The van der Waals surface area contributed by atoms with Gasteiger partial charge in [0.15, 0.2) is 0 Å². The summed E-state index contributed by atoms with van der Waals surface area (Å²) in [6.07, 6.45) is 0.910. The molecule has 10 heteroatoms. The van der Waals surface area contributed by atoms with E-state index in [-0.39, 0.29) is 36.4 Å². The van der Waals surface area contributed by atoms with E-state index in [1.54, 1.807) is 4.90 Å². The number of aromatic nitrogens is 1. The van der Waals surface area contributed by atoms with E-state index >= 15 is 0 Å². The molecule has 0 spiro atoms. The van der Waals surface area contributed by atoms with Crippen molar-refractivity contribution in [3.05, 3.63) is 71.4 Å². The minimum absolute atomic E-state index is 0.0936. The number of hydrogen-bond acceptors (Lipinski definition) is 9. The molecular formula is C32H34N6O4. The molecule has 2 atom stereocenters. The second kappa shape index (κ2) is 12.5. The summed E-state index contributed by atoms with van der Waals surface area (Å²) < 4.78 is 5.84. The van der Waals surface area contributed by atoms with Gasteiger partial charge in [-0.3, -0.25) is 4.79 Å². The van der Waals surface area contributed by atoms with Crippen LogP contribution >= 0.6 is 0 Å². The number of nitriles is 2. The van der Waals surface area contributed by atoms with Crippen LogP contribution in [0.2, 0.25) is 0 Å². The number of nitrogens with zero attached hydrogens (tertiary/aromatic N) is 6. The molecule has 1 fully saturated rings. The number of carbonyl (C=O) groups is 1. The molecule has 3 heterocycles. The van der Waals surface area contributed by atoms with E-state index in [1.165, 1.54) is 17.0 Å². The van der Waals surface area contributed by atoms with Gasteiger partial charge in [-0.05, 0) is 36.4 Å². The fraction of sp³-hybridized carbons (Fsp3) is 0.375. The first-order chi connectivity index (χ1) is 20.4. The molecule has 216 valence electrons. The van der Waals surface area contributed by atoms with Crippen LogP contribution in [0.15, 0.2) is 49.1 Å². The third-order valence-electron chi connectivity index (χ3n) is 8.04. The third kappa shape index (κ3) is 5.47. The molecule has 1 amide bonds. The van der Waals surface area contributed by atoms with Crippen molar-refractivity contribution < 1.29 is 19.7 Å². The number of pyridine rings is 1. The van der Waals surface area contributed by atoms with E-state index in [0.717, 1.165) is 22.3 Å². The molecule has 2 aromatic carbocycles. The number of aryl methyl sites for hydroxylation is 1. The topological polar surface area (TPSA) is 137 Å². The van der Waals surface area contributed by atoms with Crippen LogP contribution < -0.4 is 14.5 Å². The number of hydrogen-bond donors (Lipinski definition) is 2. The number of piperazine rings is 1. The van der Waals surface area contributed by atoms with E-state index in [4.69, 9.17) is 9.72 Å². The van der Waals surface area contributed by atoms with Crippen molar-refractivity contribution in [1.29, 1.82) is 10.5 Å². The van der Waals surface area contributed by atoms with E-state index in [2.05, 4.69) is 71.8 Å². The van der Waals surface area contributed by atoms with Crippen LogP contribution in [0.4, 0.5) is 11.4 Å². The molecule has 1 saturated heterocycles. The molecule has 5 rings (SSSR count). The SMILES string of the molecule is C=CC(=O)N1CCN(c2c(C#N)c(OCC(O)CO)nc3c2CCN(c2cccc4cccc(C)c24)C3)CC1CC#N. The number of amides is 1. The van der Waals surface area contributed by atoms with E-state index in [9.17, 15) is 25.5 Å². The van der Waals surface area contributed by atoms with Gasteiger partial charge in [-0.15, -0.1) is 0 Å². The zero-order valence-corrected chi connectivity index (χ0v) is 23.7. The fourth-order valence-electron chi connectivity index (χ4n) is 6.04. The smallest absolute Gasteiger partial charge is 0.246 e.